The minimum absolute atomic E-state index is 0.0257. The number of anilines is 3. The highest BCUT2D eigenvalue weighted by molar-refractivity contribution is 5.93. The van der Waals surface area contributed by atoms with Gasteiger partial charge < -0.3 is 25.2 Å². The normalized spacial score (nSPS) is 35.2. The second-order valence-electron chi connectivity index (χ2n) is 5.69. The van der Waals surface area contributed by atoms with E-state index in [9.17, 15) is 25.2 Å². The number of hydrogen-bond acceptors (Lipinski definition) is 11. The predicted octanol–water partition coefficient (Wildman–Crippen LogP) is -2.83. The molecular weight excluding hydrogens is 326 g/mol. The summed E-state index contributed by atoms with van der Waals surface area (Å²) < 4.78 is 5.28. The molecule has 4 atom stereocenters. The van der Waals surface area contributed by atoms with Crippen molar-refractivity contribution in [3.8, 4) is 0 Å². The van der Waals surface area contributed by atoms with Crippen LogP contribution in [-0.4, -0.2) is 79.0 Å². The van der Waals surface area contributed by atoms with E-state index < -0.39 is 30.3 Å². The van der Waals surface area contributed by atoms with Crippen molar-refractivity contribution < 1.29 is 35.2 Å². The number of amides is 1. The highest BCUT2D eigenvalue weighted by Crippen LogP contribution is 2.48. The summed E-state index contributed by atoms with van der Waals surface area (Å²) in [6.45, 7) is 0.178. The van der Waals surface area contributed by atoms with Gasteiger partial charge in [0.15, 0.2) is 17.2 Å². The van der Waals surface area contributed by atoms with E-state index in [0.29, 0.717) is 6.41 Å². The SMILES string of the molecule is C[C@@]1(O)[C@H](O)[C@@H](CO)O[C@@]1(O)N1CN(C=O)c2c(NO)ncnc21. The Morgan fingerprint density at radius 1 is 1.50 bits per heavy atom. The number of aliphatic hydroxyl groups excluding tert-OH is 2. The van der Waals surface area contributed by atoms with Gasteiger partial charge in [0, 0.05) is 0 Å². The first kappa shape index (κ1) is 16.8. The summed E-state index contributed by atoms with van der Waals surface area (Å²) in [6, 6.07) is 0. The van der Waals surface area contributed by atoms with E-state index in [1.807, 2.05) is 5.48 Å². The Morgan fingerprint density at radius 3 is 2.75 bits per heavy atom. The minimum atomic E-state index is -2.49. The molecule has 12 heteroatoms. The fourth-order valence-corrected chi connectivity index (χ4v) is 2.95. The van der Waals surface area contributed by atoms with Crippen LogP contribution in [0, 0.1) is 0 Å². The molecule has 2 aliphatic heterocycles. The van der Waals surface area contributed by atoms with E-state index in [-0.39, 0.29) is 24.0 Å². The Labute approximate surface area is 135 Å². The molecular formula is C12H17N5O7. The molecule has 0 bridgehead atoms. The van der Waals surface area contributed by atoms with Crippen LogP contribution in [0.25, 0.3) is 0 Å². The van der Waals surface area contributed by atoms with Gasteiger partial charge in [0.1, 0.15) is 30.9 Å². The Hall–Kier alpha value is -2.09. The molecule has 0 aromatic carbocycles. The van der Waals surface area contributed by atoms with Crippen LogP contribution in [0.5, 0.6) is 0 Å². The molecule has 0 radical (unpaired) electrons. The van der Waals surface area contributed by atoms with Gasteiger partial charge in [-0.2, -0.15) is 0 Å². The van der Waals surface area contributed by atoms with Crippen molar-refractivity contribution in [2.45, 2.75) is 30.6 Å². The standard InChI is InChI=1S/C12H17N5O7/c1-11(21)8(20)6(2-18)24-12(11,22)17-4-16(5-19)7-9(15-23)13-3-14-10(7)17/h3,5-6,8,18,20-23H,2,4H2,1H3,(H,13,14,15)/t6-,8-,11-,12-/m1/s1. The van der Waals surface area contributed by atoms with Crippen molar-refractivity contribution in [2.24, 2.45) is 0 Å². The smallest absolute Gasteiger partial charge is 0.285 e. The summed E-state index contributed by atoms with van der Waals surface area (Å²) in [5, 5.41) is 50.0. The van der Waals surface area contributed by atoms with Gasteiger partial charge in [-0.1, -0.05) is 0 Å². The number of nitrogens with zero attached hydrogens (tertiary/aromatic N) is 4. The fraction of sp³-hybridized carbons (Fsp3) is 0.583. The third-order valence-electron chi connectivity index (χ3n) is 4.32. The third kappa shape index (κ3) is 1.98. The van der Waals surface area contributed by atoms with E-state index in [2.05, 4.69) is 9.97 Å². The molecule has 6 N–H and O–H groups in total. The van der Waals surface area contributed by atoms with Crippen LogP contribution in [0.1, 0.15) is 6.92 Å². The van der Waals surface area contributed by atoms with E-state index in [0.717, 1.165) is 23.1 Å². The zero-order valence-electron chi connectivity index (χ0n) is 12.6. The second kappa shape index (κ2) is 5.47. The lowest BCUT2D eigenvalue weighted by atomic mass is 9.94. The molecule has 0 saturated carbocycles. The van der Waals surface area contributed by atoms with Crippen molar-refractivity contribution in [3.05, 3.63) is 6.33 Å². The zero-order chi connectivity index (χ0) is 17.7. The molecule has 1 aromatic rings. The Morgan fingerprint density at radius 2 is 2.21 bits per heavy atom. The first-order valence-electron chi connectivity index (χ1n) is 6.98. The maximum absolute atomic E-state index is 11.3. The van der Waals surface area contributed by atoms with Gasteiger partial charge in [-0.3, -0.25) is 25.3 Å². The van der Waals surface area contributed by atoms with Crippen molar-refractivity contribution in [1.29, 1.82) is 0 Å². The summed E-state index contributed by atoms with van der Waals surface area (Å²) >= 11 is 0. The summed E-state index contributed by atoms with van der Waals surface area (Å²) in [6.07, 6.45) is -1.38. The fourth-order valence-electron chi connectivity index (χ4n) is 2.95. The van der Waals surface area contributed by atoms with Crippen molar-refractivity contribution in [1.82, 2.24) is 9.97 Å². The number of nitrogens with one attached hydrogen (secondary N) is 1. The van der Waals surface area contributed by atoms with Crippen LogP contribution in [0.4, 0.5) is 17.3 Å². The van der Waals surface area contributed by atoms with E-state index >= 15 is 0 Å². The van der Waals surface area contributed by atoms with Crippen LogP contribution < -0.4 is 15.3 Å². The van der Waals surface area contributed by atoms with Gasteiger partial charge in [0.25, 0.3) is 5.91 Å². The van der Waals surface area contributed by atoms with Crippen molar-refractivity contribution >= 4 is 23.7 Å². The molecule has 1 saturated heterocycles. The molecule has 0 spiro atoms. The van der Waals surface area contributed by atoms with E-state index in [1.54, 1.807) is 0 Å². The largest absolute Gasteiger partial charge is 0.394 e. The van der Waals surface area contributed by atoms with Crippen molar-refractivity contribution in [3.63, 3.8) is 0 Å². The van der Waals surface area contributed by atoms with Gasteiger partial charge in [-0.15, -0.1) is 0 Å². The molecule has 24 heavy (non-hydrogen) atoms. The molecule has 2 aliphatic rings. The first-order valence-corrected chi connectivity index (χ1v) is 6.98. The van der Waals surface area contributed by atoms with Crippen LogP contribution >= 0.6 is 0 Å². The average molecular weight is 343 g/mol. The van der Waals surface area contributed by atoms with E-state index in [4.69, 9.17) is 9.94 Å². The topological polar surface area (TPSA) is 172 Å². The Bertz CT molecular complexity index is 659. The summed E-state index contributed by atoms with van der Waals surface area (Å²) in [5.41, 5.74) is -0.356. The number of rotatable bonds is 4. The lowest BCUT2D eigenvalue weighted by molar-refractivity contribution is -0.262. The first-order chi connectivity index (χ1) is 11.3. The van der Waals surface area contributed by atoms with Crippen LogP contribution in [-0.2, 0) is 9.53 Å². The Kier molecular flexibility index (Phi) is 3.82. The molecule has 0 aliphatic carbocycles. The minimum Gasteiger partial charge on any atom is -0.394 e. The highest BCUT2D eigenvalue weighted by Gasteiger charge is 2.66. The van der Waals surface area contributed by atoms with Gasteiger partial charge >= 0.3 is 0 Å². The third-order valence-corrected chi connectivity index (χ3v) is 4.32. The lowest BCUT2D eigenvalue weighted by Crippen LogP contribution is -2.64. The Balaban J connectivity index is 2.11. The number of fused-ring (bicyclic) bond motifs is 1. The molecule has 0 unspecified atom stereocenters. The highest BCUT2D eigenvalue weighted by atomic mass is 16.7. The van der Waals surface area contributed by atoms with Crippen LogP contribution in [0.3, 0.4) is 0 Å². The number of hydrogen-bond donors (Lipinski definition) is 6. The van der Waals surface area contributed by atoms with Gasteiger partial charge in [-0.25, -0.2) is 9.97 Å². The molecule has 1 aromatic heterocycles. The van der Waals surface area contributed by atoms with Crippen LogP contribution in [0.15, 0.2) is 6.33 Å². The molecule has 1 fully saturated rings. The van der Waals surface area contributed by atoms with Crippen LogP contribution in [0.2, 0.25) is 0 Å². The molecule has 1 amide bonds. The number of carbonyl (C=O) groups is 1. The number of aliphatic hydroxyl groups is 4. The monoisotopic (exact) mass is 343 g/mol. The van der Waals surface area contributed by atoms with Gasteiger partial charge in [0.05, 0.1) is 6.61 Å². The number of aromatic nitrogens is 2. The summed E-state index contributed by atoms with van der Waals surface area (Å²) in [7, 11) is 0. The molecule has 3 heterocycles. The molecule has 132 valence electrons. The summed E-state index contributed by atoms with van der Waals surface area (Å²) in [4.78, 5) is 21.1. The average Bonchev–Trinajstić information content (AvgIpc) is 3.04. The number of ether oxygens (including phenoxy) is 1. The second-order valence-corrected chi connectivity index (χ2v) is 5.69. The maximum Gasteiger partial charge on any atom is 0.285 e. The maximum atomic E-state index is 11.3. The quantitative estimate of drug-likeness (QED) is 0.246. The predicted molar refractivity (Wildman–Crippen MR) is 76.9 cm³/mol. The molecule has 3 rings (SSSR count). The lowest BCUT2D eigenvalue weighted by Gasteiger charge is -2.41. The van der Waals surface area contributed by atoms with Gasteiger partial charge in [-0.05, 0) is 6.92 Å². The number of carbonyl (C=O) groups excluding carboxylic acids is 1. The van der Waals surface area contributed by atoms with Crippen molar-refractivity contribution in [2.75, 3.05) is 28.6 Å². The summed E-state index contributed by atoms with van der Waals surface area (Å²) in [5.74, 6) is -2.62. The van der Waals surface area contributed by atoms with E-state index in [1.165, 1.54) is 0 Å². The molecule has 12 nitrogen and oxygen atoms in total. The van der Waals surface area contributed by atoms with Gasteiger partial charge in [0.2, 0.25) is 6.41 Å². The zero-order valence-corrected chi connectivity index (χ0v) is 12.6.